The van der Waals surface area contributed by atoms with Gasteiger partial charge in [0.2, 0.25) is 5.91 Å². The van der Waals surface area contributed by atoms with Gasteiger partial charge in [-0.05, 0) is 38.0 Å². The Hall–Kier alpha value is -0.910. The Labute approximate surface area is 122 Å². The molecule has 1 amide bonds. The van der Waals surface area contributed by atoms with E-state index in [1.165, 1.54) is 0 Å². The summed E-state index contributed by atoms with van der Waals surface area (Å²) in [5.74, 6) is -0.162. The van der Waals surface area contributed by atoms with E-state index in [4.69, 9.17) is 10.5 Å². The lowest BCUT2D eigenvalue weighted by atomic mass is 9.94. The van der Waals surface area contributed by atoms with E-state index in [2.05, 4.69) is 21.2 Å². The van der Waals surface area contributed by atoms with E-state index in [0.717, 1.165) is 10.0 Å². The summed E-state index contributed by atoms with van der Waals surface area (Å²) >= 11 is 3.39. The summed E-state index contributed by atoms with van der Waals surface area (Å²) in [5, 5.41) is 2.97. The first-order valence-corrected chi connectivity index (χ1v) is 6.98. The standard InChI is InChI=1S/C14H21BrN2O2/c1-14(2,10-4-6-11(15)7-5-10)17-13(18)12(16)8-9-19-3/h4-7,12H,8-9,16H2,1-3H3,(H,17,18). The number of nitrogens with one attached hydrogen (secondary N) is 1. The summed E-state index contributed by atoms with van der Waals surface area (Å²) in [7, 11) is 1.59. The van der Waals surface area contributed by atoms with Gasteiger partial charge in [0.25, 0.3) is 0 Å². The number of benzene rings is 1. The van der Waals surface area contributed by atoms with Crippen molar-refractivity contribution in [2.45, 2.75) is 31.8 Å². The lowest BCUT2D eigenvalue weighted by Gasteiger charge is -2.28. The maximum absolute atomic E-state index is 12.0. The zero-order chi connectivity index (χ0) is 14.5. The van der Waals surface area contributed by atoms with Gasteiger partial charge in [0.1, 0.15) is 0 Å². The summed E-state index contributed by atoms with van der Waals surface area (Å²) < 4.78 is 5.93. The molecule has 0 aliphatic heterocycles. The zero-order valence-corrected chi connectivity index (χ0v) is 13.2. The van der Waals surface area contributed by atoms with Crippen molar-refractivity contribution in [3.63, 3.8) is 0 Å². The number of hydrogen-bond acceptors (Lipinski definition) is 3. The average molecular weight is 329 g/mol. The van der Waals surface area contributed by atoms with Crippen LogP contribution in [0.1, 0.15) is 25.8 Å². The second-order valence-corrected chi connectivity index (χ2v) is 5.92. The SMILES string of the molecule is COCCC(N)C(=O)NC(C)(C)c1ccc(Br)cc1. The Balaban J connectivity index is 2.68. The summed E-state index contributed by atoms with van der Waals surface area (Å²) in [5.41, 5.74) is 6.39. The van der Waals surface area contributed by atoms with E-state index in [0.29, 0.717) is 13.0 Å². The molecule has 0 bridgehead atoms. The van der Waals surface area contributed by atoms with Gasteiger partial charge in [-0.25, -0.2) is 0 Å². The van der Waals surface area contributed by atoms with Crippen molar-refractivity contribution in [2.24, 2.45) is 5.73 Å². The second-order valence-electron chi connectivity index (χ2n) is 5.01. The number of nitrogens with two attached hydrogens (primary N) is 1. The van der Waals surface area contributed by atoms with Crippen LogP contribution in [0, 0.1) is 0 Å². The van der Waals surface area contributed by atoms with Gasteiger partial charge in [0, 0.05) is 18.2 Å². The van der Waals surface area contributed by atoms with Gasteiger partial charge < -0.3 is 15.8 Å². The third-order valence-electron chi connectivity index (χ3n) is 2.97. The molecule has 5 heteroatoms. The van der Waals surface area contributed by atoms with Crippen LogP contribution in [-0.2, 0) is 15.1 Å². The highest BCUT2D eigenvalue weighted by Crippen LogP contribution is 2.22. The highest BCUT2D eigenvalue weighted by atomic mass is 79.9. The molecule has 0 saturated carbocycles. The number of carbonyl (C=O) groups excluding carboxylic acids is 1. The largest absolute Gasteiger partial charge is 0.385 e. The van der Waals surface area contributed by atoms with Gasteiger partial charge in [0.15, 0.2) is 0 Å². The topological polar surface area (TPSA) is 64.3 Å². The number of hydrogen-bond donors (Lipinski definition) is 2. The molecule has 0 heterocycles. The van der Waals surface area contributed by atoms with Crippen LogP contribution in [-0.4, -0.2) is 25.7 Å². The smallest absolute Gasteiger partial charge is 0.237 e. The Morgan fingerprint density at radius 2 is 2.00 bits per heavy atom. The molecule has 0 aromatic heterocycles. The summed E-state index contributed by atoms with van der Waals surface area (Å²) in [6, 6.07) is 7.31. The van der Waals surface area contributed by atoms with E-state index in [1.54, 1.807) is 7.11 Å². The highest BCUT2D eigenvalue weighted by Gasteiger charge is 2.25. The number of rotatable bonds is 6. The molecule has 0 aliphatic carbocycles. The fourth-order valence-electron chi connectivity index (χ4n) is 1.72. The minimum Gasteiger partial charge on any atom is -0.385 e. The molecular weight excluding hydrogens is 308 g/mol. The molecule has 1 aromatic carbocycles. The first-order valence-electron chi connectivity index (χ1n) is 6.19. The van der Waals surface area contributed by atoms with Crippen LogP contribution < -0.4 is 11.1 Å². The minimum absolute atomic E-state index is 0.162. The van der Waals surface area contributed by atoms with E-state index >= 15 is 0 Å². The van der Waals surface area contributed by atoms with Gasteiger partial charge in [-0.3, -0.25) is 4.79 Å². The molecule has 3 N–H and O–H groups in total. The van der Waals surface area contributed by atoms with Gasteiger partial charge in [-0.2, -0.15) is 0 Å². The van der Waals surface area contributed by atoms with Crippen molar-refractivity contribution >= 4 is 21.8 Å². The molecule has 0 spiro atoms. The normalized spacial score (nSPS) is 13.1. The number of amides is 1. The lowest BCUT2D eigenvalue weighted by Crippen LogP contribution is -2.49. The minimum atomic E-state index is -0.547. The summed E-state index contributed by atoms with van der Waals surface area (Å²) in [4.78, 5) is 12.0. The van der Waals surface area contributed by atoms with Gasteiger partial charge in [-0.1, -0.05) is 28.1 Å². The molecule has 0 fully saturated rings. The lowest BCUT2D eigenvalue weighted by molar-refractivity contribution is -0.124. The Morgan fingerprint density at radius 3 is 2.53 bits per heavy atom. The van der Waals surface area contributed by atoms with Crippen molar-refractivity contribution in [3.8, 4) is 0 Å². The van der Waals surface area contributed by atoms with E-state index < -0.39 is 11.6 Å². The molecule has 1 rings (SSSR count). The van der Waals surface area contributed by atoms with E-state index in [1.807, 2.05) is 38.1 Å². The quantitative estimate of drug-likeness (QED) is 0.841. The third kappa shape index (κ3) is 4.93. The number of halogens is 1. The van der Waals surface area contributed by atoms with E-state index in [-0.39, 0.29) is 5.91 Å². The molecule has 1 aromatic rings. The Kier molecular flexibility index (Phi) is 5.97. The maximum atomic E-state index is 12.0. The van der Waals surface area contributed by atoms with Crippen LogP contribution in [0.3, 0.4) is 0 Å². The van der Waals surface area contributed by atoms with Crippen LogP contribution >= 0.6 is 15.9 Å². The monoisotopic (exact) mass is 328 g/mol. The van der Waals surface area contributed by atoms with Gasteiger partial charge in [0.05, 0.1) is 11.6 Å². The number of ether oxygens (including phenoxy) is 1. The second kappa shape index (κ2) is 7.03. The summed E-state index contributed by atoms with van der Waals surface area (Å²) in [6.07, 6.45) is 0.513. The predicted molar refractivity (Wildman–Crippen MR) is 79.8 cm³/mol. The van der Waals surface area contributed by atoms with Crippen LogP contribution in [0.4, 0.5) is 0 Å². The fourth-order valence-corrected chi connectivity index (χ4v) is 1.98. The fraction of sp³-hybridized carbons (Fsp3) is 0.500. The number of carbonyl (C=O) groups is 1. The highest BCUT2D eigenvalue weighted by molar-refractivity contribution is 9.10. The first-order chi connectivity index (χ1) is 8.86. The number of methoxy groups -OCH3 is 1. The summed E-state index contributed by atoms with van der Waals surface area (Å²) in [6.45, 7) is 4.39. The zero-order valence-electron chi connectivity index (χ0n) is 11.6. The molecule has 1 unspecified atom stereocenters. The Morgan fingerprint density at radius 1 is 1.42 bits per heavy atom. The van der Waals surface area contributed by atoms with Crippen molar-refractivity contribution in [3.05, 3.63) is 34.3 Å². The molecular formula is C14H21BrN2O2. The molecule has 1 atom stereocenters. The van der Waals surface area contributed by atoms with Crippen molar-refractivity contribution in [1.29, 1.82) is 0 Å². The third-order valence-corrected chi connectivity index (χ3v) is 3.50. The molecule has 0 radical (unpaired) electrons. The van der Waals surface area contributed by atoms with Crippen LogP contribution in [0.2, 0.25) is 0 Å². The maximum Gasteiger partial charge on any atom is 0.237 e. The van der Waals surface area contributed by atoms with Crippen molar-refractivity contribution in [1.82, 2.24) is 5.32 Å². The van der Waals surface area contributed by atoms with Crippen LogP contribution in [0.5, 0.6) is 0 Å². The van der Waals surface area contributed by atoms with Gasteiger partial charge >= 0.3 is 0 Å². The van der Waals surface area contributed by atoms with E-state index in [9.17, 15) is 4.79 Å². The molecule has 0 saturated heterocycles. The molecule has 4 nitrogen and oxygen atoms in total. The van der Waals surface area contributed by atoms with Gasteiger partial charge in [-0.15, -0.1) is 0 Å². The first kappa shape index (κ1) is 16.1. The molecule has 106 valence electrons. The Bertz CT molecular complexity index is 418. The van der Waals surface area contributed by atoms with Crippen molar-refractivity contribution < 1.29 is 9.53 Å². The van der Waals surface area contributed by atoms with Crippen molar-refractivity contribution in [2.75, 3.05) is 13.7 Å². The molecule has 0 aliphatic rings. The van der Waals surface area contributed by atoms with Crippen LogP contribution in [0.25, 0.3) is 0 Å². The molecule has 19 heavy (non-hydrogen) atoms. The predicted octanol–water partition coefficient (Wildman–Crippen LogP) is 2.16. The van der Waals surface area contributed by atoms with Crippen LogP contribution in [0.15, 0.2) is 28.7 Å². The average Bonchev–Trinajstić information content (AvgIpc) is 2.35.